The third-order valence-corrected chi connectivity index (χ3v) is 6.41. The molecule has 0 aliphatic carbocycles. The summed E-state index contributed by atoms with van der Waals surface area (Å²) in [5.41, 5.74) is 18.3. The summed E-state index contributed by atoms with van der Waals surface area (Å²) < 4.78 is 0. The van der Waals surface area contributed by atoms with Gasteiger partial charge in [-0.15, -0.1) is 0 Å². The van der Waals surface area contributed by atoms with E-state index >= 15 is 0 Å². The number of rotatable bonds is 18. The summed E-state index contributed by atoms with van der Waals surface area (Å²) in [4.78, 5) is 53.8. The lowest BCUT2D eigenvalue weighted by molar-refractivity contribution is -0.142. The zero-order valence-electron chi connectivity index (χ0n) is 22.0. The van der Waals surface area contributed by atoms with Gasteiger partial charge in [0.1, 0.15) is 24.2 Å². The minimum Gasteiger partial charge on any atom is -0.480 e. The highest BCUT2D eigenvalue weighted by atomic mass is 16.4. The number of nitrogens with one attached hydrogen (secondary N) is 4. The van der Waals surface area contributed by atoms with Crippen LogP contribution in [0.4, 0.5) is 0 Å². The van der Waals surface area contributed by atoms with E-state index in [2.05, 4.69) is 20.9 Å². The first-order valence-electron chi connectivity index (χ1n) is 13.2. The minimum atomic E-state index is -1.24. The SMILES string of the molecule is NCCCCC(NC(=O)C(N)CO)C(=O)NC(CCCCN)C(=O)NC(Cc1c[nH]c2ccccc12)C(=O)O. The lowest BCUT2D eigenvalue weighted by atomic mass is 10.0. The lowest BCUT2D eigenvalue weighted by Gasteiger charge is -2.25. The molecular formula is C26H41N7O6. The Kier molecular flexibility index (Phi) is 13.4. The largest absolute Gasteiger partial charge is 0.480 e. The van der Waals surface area contributed by atoms with Gasteiger partial charge in [-0.25, -0.2) is 4.79 Å². The van der Waals surface area contributed by atoms with Crippen molar-refractivity contribution in [3.05, 3.63) is 36.0 Å². The van der Waals surface area contributed by atoms with Gasteiger partial charge in [-0.2, -0.15) is 0 Å². The Balaban J connectivity index is 2.17. The number of unbranched alkanes of at least 4 members (excludes halogenated alkanes) is 2. The van der Waals surface area contributed by atoms with Crippen molar-refractivity contribution in [2.45, 2.75) is 69.1 Å². The number of amides is 3. The zero-order valence-corrected chi connectivity index (χ0v) is 22.0. The minimum absolute atomic E-state index is 0.0331. The maximum atomic E-state index is 13.3. The number of hydrogen-bond acceptors (Lipinski definition) is 8. The predicted octanol–water partition coefficient (Wildman–Crippen LogP) is -1.17. The van der Waals surface area contributed by atoms with Gasteiger partial charge in [0.2, 0.25) is 17.7 Å². The van der Waals surface area contributed by atoms with Gasteiger partial charge in [0.05, 0.1) is 6.61 Å². The van der Waals surface area contributed by atoms with Gasteiger partial charge < -0.3 is 48.3 Å². The highest BCUT2D eigenvalue weighted by Crippen LogP contribution is 2.19. The van der Waals surface area contributed by atoms with Gasteiger partial charge in [-0.05, 0) is 63.2 Å². The Morgan fingerprint density at radius 3 is 1.90 bits per heavy atom. The molecule has 4 atom stereocenters. The number of aromatic amines is 1. The number of carboxylic acids is 1. The molecule has 1 heterocycles. The maximum absolute atomic E-state index is 13.3. The molecule has 0 saturated carbocycles. The van der Waals surface area contributed by atoms with Crippen LogP contribution in [0.5, 0.6) is 0 Å². The number of benzene rings is 1. The summed E-state index contributed by atoms with van der Waals surface area (Å²) >= 11 is 0. The van der Waals surface area contributed by atoms with Crippen LogP contribution in [0.2, 0.25) is 0 Å². The van der Waals surface area contributed by atoms with Crippen molar-refractivity contribution in [2.24, 2.45) is 17.2 Å². The van der Waals surface area contributed by atoms with Gasteiger partial charge in [0, 0.05) is 23.5 Å². The van der Waals surface area contributed by atoms with E-state index in [4.69, 9.17) is 17.2 Å². The van der Waals surface area contributed by atoms with E-state index in [1.165, 1.54) is 0 Å². The quantitative estimate of drug-likeness (QED) is 0.102. The Labute approximate surface area is 227 Å². The number of hydrogen-bond donors (Lipinski definition) is 9. The predicted molar refractivity (Wildman–Crippen MR) is 146 cm³/mol. The topological polar surface area (TPSA) is 239 Å². The van der Waals surface area contributed by atoms with Crippen molar-refractivity contribution >= 4 is 34.6 Å². The number of aliphatic hydroxyl groups excluding tert-OH is 1. The molecule has 0 saturated heterocycles. The molecule has 216 valence electrons. The monoisotopic (exact) mass is 547 g/mol. The molecule has 0 fully saturated rings. The molecule has 0 aliphatic heterocycles. The van der Waals surface area contributed by atoms with Gasteiger partial charge in [-0.3, -0.25) is 14.4 Å². The molecule has 0 aliphatic rings. The number of carbonyl (C=O) groups excluding carboxylic acids is 3. The maximum Gasteiger partial charge on any atom is 0.326 e. The van der Waals surface area contributed by atoms with Crippen LogP contribution in [0.3, 0.4) is 0 Å². The normalized spacial score (nSPS) is 14.3. The first-order valence-corrected chi connectivity index (χ1v) is 13.2. The molecule has 1 aromatic heterocycles. The molecule has 0 bridgehead atoms. The Bertz CT molecular complexity index is 1090. The van der Waals surface area contributed by atoms with Crippen molar-refractivity contribution in [2.75, 3.05) is 19.7 Å². The van der Waals surface area contributed by atoms with Crippen molar-refractivity contribution in [3.63, 3.8) is 0 Å². The Morgan fingerprint density at radius 1 is 0.821 bits per heavy atom. The number of carboxylic acid groups (broad SMARTS) is 1. The summed E-state index contributed by atoms with van der Waals surface area (Å²) in [6.45, 7) is 0.188. The van der Waals surface area contributed by atoms with E-state index in [0.29, 0.717) is 38.8 Å². The molecule has 2 rings (SSSR count). The molecule has 0 spiro atoms. The summed E-state index contributed by atoms with van der Waals surface area (Å²) in [6, 6.07) is 2.89. The smallest absolute Gasteiger partial charge is 0.326 e. The average molecular weight is 548 g/mol. The second kappa shape index (κ2) is 16.4. The Hall–Kier alpha value is -3.52. The van der Waals surface area contributed by atoms with Crippen LogP contribution in [0.15, 0.2) is 30.5 Å². The van der Waals surface area contributed by atoms with Gasteiger partial charge in [0.25, 0.3) is 0 Å². The molecular weight excluding hydrogens is 506 g/mol. The molecule has 39 heavy (non-hydrogen) atoms. The van der Waals surface area contributed by atoms with E-state index in [-0.39, 0.29) is 19.3 Å². The van der Waals surface area contributed by atoms with Crippen molar-refractivity contribution in [1.29, 1.82) is 0 Å². The fourth-order valence-electron chi connectivity index (χ4n) is 4.15. The molecule has 3 amide bonds. The van der Waals surface area contributed by atoms with Crippen molar-refractivity contribution in [1.82, 2.24) is 20.9 Å². The summed E-state index contributed by atoms with van der Waals surface area (Å²) in [6.07, 6.45) is 4.44. The van der Waals surface area contributed by atoms with Crippen LogP contribution in [0.1, 0.15) is 44.1 Å². The molecule has 4 unspecified atom stereocenters. The summed E-state index contributed by atoms with van der Waals surface area (Å²) in [5.74, 6) is -3.21. The van der Waals surface area contributed by atoms with E-state index in [1.54, 1.807) is 6.20 Å². The fraction of sp³-hybridized carbons (Fsp3) is 0.538. The van der Waals surface area contributed by atoms with Crippen LogP contribution in [-0.4, -0.2) is 82.8 Å². The van der Waals surface area contributed by atoms with Crippen LogP contribution in [-0.2, 0) is 25.6 Å². The molecule has 0 radical (unpaired) electrons. The number of nitrogens with two attached hydrogens (primary N) is 3. The van der Waals surface area contributed by atoms with Crippen LogP contribution in [0.25, 0.3) is 10.9 Å². The third kappa shape index (κ3) is 9.94. The molecule has 13 heteroatoms. The lowest BCUT2D eigenvalue weighted by Crippen LogP contribution is -2.57. The highest BCUT2D eigenvalue weighted by molar-refractivity contribution is 5.94. The second-order valence-corrected chi connectivity index (χ2v) is 9.44. The molecule has 13 nitrogen and oxygen atoms in total. The van der Waals surface area contributed by atoms with E-state index in [9.17, 15) is 29.4 Å². The second-order valence-electron chi connectivity index (χ2n) is 9.44. The average Bonchev–Trinajstić information content (AvgIpc) is 3.33. The first kappa shape index (κ1) is 31.7. The third-order valence-electron chi connectivity index (χ3n) is 6.41. The highest BCUT2D eigenvalue weighted by Gasteiger charge is 2.30. The van der Waals surface area contributed by atoms with Crippen LogP contribution in [0, 0.1) is 0 Å². The van der Waals surface area contributed by atoms with Crippen LogP contribution < -0.4 is 33.2 Å². The van der Waals surface area contributed by atoms with E-state index in [0.717, 1.165) is 16.5 Å². The van der Waals surface area contributed by atoms with Gasteiger partial charge >= 0.3 is 5.97 Å². The first-order chi connectivity index (χ1) is 18.7. The number of para-hydroxylation sites is 1. The number of aromatic nitrogens is 1. The van der Waals surface area contributed by atoms with Crippen molar-refractivity contribution < 1.29 is 29.4 Å². The molecule has 12 N–H and O–H groups in total. The number of aliphatic hydroxyl groups is 1. The Morgan fingerprint density at radius 2 is 1.36 bits per heavy atom. The summed E-state index contributed by atoms with van der Waals surface area (Å²) in [5, 5.41) is 27.6. The van der Waals surface area contributed by atoms with Crippen LogP contribution >= 0.6 is 0 Å². The molecule has 1 aromatic carbocycles. The number of fused-ring (bicyclic) bond motifs is 1. The van der Waals surface area contributed by atoms with E-state index in [1.807, 2.05) is 24.3 Å². The number of H-pyrrole nitrogens is 1. The van der Waals surface area contributed by atoms with Gasteiger partial charge in [-0.1, -0.05) is 18.2 Å². The zero-order chi connectivity index (χ0) is 28.8. The van der Waals surface area contributed by atoms with Crippen molar-refractivity contribution in [3.8, 4) is 0 Å². The molecule has 2 aromatic rings. The number of carbonyl (C=O) groups is 4. The standard InChI is InChI=1S/C26H41N7O6/c27-11-5-3-9-20(31-23(35)18(29)15-34)24(36)32-21(10-4-6-12-28)25(37)33-22(26(38)39)13-16-14-30-19-8-2-1-7-17(16)19/h1-2,7-8,14,18,20-22,30,34H,3-6,9-13,15,27-29H2,(H,31,35)(H,32,36)(H,33,37)(H,38,39). The summed E-state index contributed by atoms with van der Waals surface area (Å²) in [7, 11) is 0. The van der Waals surface area contributed by atoms with E-state index < -0.39 is 54.5 Å². The number of aliphatic carboxylic acids is 1. The fourth-order valence-corrected chi connectivity index (χ4v) is 4.15. The van der Waals surface area contributed by atoms with Gasteiger partial charge in [0.15, 0.2) is 0 Å².